The topological polar surface area (TPSA) is 73.1 Å². The van der Waals surface area contributed by atoms with Crippen LogP contribution in [-0.4, -0.2) is 16.6 Å². The first-order valence-corrected chi connectivity index (χ1v) is 7.68. The van der Waals surface area contributed by atoms with E-state index in [0.29, 0.717) is 24.9 Å². The number of nitrogens with zero attached hydrogens (tertiary/aromatic N) is 2. The van der Waals surface area contributed by atoms with Gasteiger partial charge in [0.05, 0.1) is 0 Å². The van der Waals surface area contributed by atoms with Crippen LogP contribution in [0.1, 0.15) is 12.7 Å². The van der Waals surface area contributed by atoms with Gasteiger partial charge in [-0.05, 0) is 31.2 Å². The number of aromatic nitrogens is 2. The van der Waals surface area contributed by atoms with Gasteiger partial charge in [0.2, 0.25) is 0 Å². The van der Waals surface area contributed by atoms with Gasteiger partial charge in [0.25, 0.3) is 0 Å². The number of rotatable bonds is 6. The van der Waals surface area contributed by atoms with Crippen LogP contribution < -0.4 is 11.3 Å². The lowest BCUT2D eigenvalue weighted by molar-refractivity contribution is 0.128. The van der Waals surface area contributed by atoms with Gasteiger partial charge in [-0.15, -0.1) is 0 Å². The molecule has 0 fully saturated rings. The molecule has 20 heavy (non-hydrogen) atoms. The minimum absolute atomic E-state index is 0.375. The van der Waals surface area contributed by atoms with Gasteiger partial charge in [0.15, 0.2) is 5.82 Å². The second kappa shape index (κ2) is 7.58. The SMILES string of the molecule is CCOCc1nc(NN)cc(Sc2ccc(Br)cc2)n1. The second-order valence-electron chi connectivity index (χ2n) is 3.85. The quantitative estimate of drug-likeness (QED) is 0.471. The summed E-state index contributed by atoms with van der Waals surface area (Å²) in [7, 11) is 0. The molecule has 106 valence electrons. The van der Waals surface area contributed by atoms with Gasteiger partial charge in [-0.1, -0.05) is 27.7 Å². The van der Waals surface area contributed by atoms with Crippen LogP contribution in [0.5, 0.6) is 0 Å². The minimum atomic E-state index is 0.375. The molecule has 0 spiro atoms. The van der Waals surface area contributed by atoms with E-state index in [0.717, 1.165) is 14.4 Å². The second-order valence-corrected chi connectivity index (χ2v) is 5.85. The lowest BCUT2D eigenvalue weighted by Gasteiger charge is -2.07. The molecule has 1 heterocycles. The maximum atomic E-state index is 5.43. The van der Waals surface area contributed by atoms with Crippen molar-refractivity contribution in [2.24, 2.45) is 5.84 Å². The molecule has 0 unspecified atom stereocenters. The number of halogens is 1. The lowest BCUT2D eigenvalue weighted by Crippen LogP contribution is -2.11. The molecule has 7 heteroatoms. The van der Waals surface area contributed by atoms with Crippen LogP contribution in [0.3, 0.4) is 0 Å². The van der Waals surface area contributed by atoms with E-state index in [9.17, 15) is 0 Å². The van der Waals surface area contributed by atoms with Crippen molar-refractivity contribution >= 4 is 33.5 Å². The van der Waals surface area contributed by atoms with Crippen LogP contribution in [0, 0.1) is 0 Å². The number of ether oxygens (including phenoxy) is 1. The lowest BCUT2D eigenvalue weighted by atomic mass is 10.4. The molecule has 0 bridgehead atoms. The van der Waals surface area contributed by atoms with Crippen molar-refractivity contribution in [3.8, 4) is 0 Å². The summed E-state index contributed by atoms with van der Waals surface area (Å²) in [5.74, 6) is 6.62. The molecule has 0 radical (unpaired) electrons. The van der Waals surface area contributed by atoms with Crippen molar-refractivity contribution in [2.45, 2.75) is 23.5 Å². The van der Waals surface area contributed by atoms with Crippen molar-refractivity contribution < 1.29 is 4.74 Å². The number of benzene rings is 1. The van der Waals surface area contributed by atoms with Crippen LogP contribution in [0.4, 0.5) is 5.82 Å². The molecule has 0 amide bonds. The molecular weight excluding hydrogens is 340 g/mol. The van der Waals surface area contributed by atoms with E-state index in [1.165, 1.54) is 0 Å². The minimum Gasteiger partial charge on any atom is -0.374 e. The average molecular weight is 355 g/mol. The third-order valence-corrected chi connectivity index (χ3v) is 3.82. The molecule has 1 aromatic carbocycles. The molecule has 1 aromatic heterocycles. The smallest absolute Gasteiger partial charge is 0.157 e. The highest BCUT2D eigenvalue weighted by atomic mass is 79.9. The van der Waals surface area contributed by atoms with Crippen LogP contribution >= 0.6 is 27.7 Å². The summed E-state index contributed by atoms with van der Waals surface area (Å²) in [6.45, 7) is 2.93. The zero-order valence-corrected chi connectivity index (χ0v) is 13.4. The normalized spacial score (nSPS) is 10.6. The maximum absolute atomic E-state index is 5.43. The van der Waals surface area contributed by atoms with Crippen molar-refractivity contribution in [3.63, 3.8) is 0 Å². The van der Waals surface area contributed by atoms with E-state index in [1.54, 1.807) is 11.8 Å². The first-order chi connectivity index (χ1) is 9.71. The molecule has 0 aliphatic carbocycles. The third-order valence-electron chi connectivity index (χ3n) is 2.37. The van der Waals surface area contributed by atoms with Crippen LogP contribution in [0.25, 0.3) is 0 Å². The van der Waals surface area contributed by atoms with E-state index in [2.05, 4.69) is 31.3 Å². The highest BCUT2D eigenvalue weighted by Crippen LogP contribution is 2.28. The fraction of sp³-hybridized carbons (Fsp3) is 0.231. The third kappa shape index (κ3) is 4.45. The summed E-state index contributed by atoms with van der Waals surface area (Å²) in [6, 6.07) is 9.84. The molecule has 2 aromatic rings. The number of nitrogens with one attached hydrogen (secondary N) is 1. The molecule has 0 aliphatic heterocycles. The van der Waals surface area contributed by atoms with Gasteiger partial charge in [-0.25, -0.2) is 15.8 Å². The van der Waals surface area contributed by atoms with Crippen molar-refractivity contribution in [2.75, 3.05) is 12.0 Å². The van der Waals surface area contributed by atoms with Crippen LogP contribution in [0.15, 0.2) is 44.7 Å². The summed E-state index contributed by atoms with van der Waals surface area (Å²) in [4.78, 5) is 9.80. The number of anilines is 1. The molecule has 2 rings (SSSR count). The standard InChI is InChI=1S/C13H15BrN4OS/c1-2-19-8-12-16-11(18-15)7-13(17-12)20-10-5-3-9(14)4-6-10/h3-7H,2,8,15H2,1H3,(H,16,17,18). The van der Waals surface area contributed by atoms with Gasteiger partial charge >= 0.3 is 0 Å². The molecule has 0 saturated carbocycles. The zero-order valence-electron chi connectivity index (χ0n) is 11.0. The van der Waals surface area contributed by atoms with Gasteiger partial charge in [0, 0.05) is 22.0 Å². The Labute approximate surface area is 130 Å². The number of hydrogen-bond donors (Lipinski definition) is 2. The fourth-order valence-corrected chi connectivity index (χ4v) is 2.58. The Kier molecular flexibility index (Phi) is 5.78. The summed E-state index contributed by atoms with van der Waals surface area (Å²) in [6.07, 6.45) is 0. The Bertz CT molecular complexity index is 565. The maximum Gasteiger partial charge on any atom is 0.157 e. The van der Waals surface area contributed by atoms with E-state index in [4.69, 9.17) is 10.6 Å². The van der Waals surface area contributed by atoms with Gasteiger partial charge < -0.3 is 10.2 Å². The van der Waals surface area contributed by atoms with Crippen molar-refractivity contribution in [3.05, 3.63) is 40.6 Å². The molecule has 0 aliphatic rings. The Morgan fingerprint density at radius 1 is 1.30 bits per heavy atom. The van der Waals surface area contributed by atoms with E-state index in [-0.39, 0.29) is 0 Å². The number of hydrogen-bond acceptors (Lipinski definition) is 6. The molecule has 0 saturated heterocycles. The summed E-state index contributed by atoms with van der Waals surface area (Å²) >= 11 is 4.97. The number of nitrogens with two attached hydrogens (primary N) is 1. The average Bonchev–Trinajstić information content (AvgIpc) is 2.47. The fourth-order valence-electron chi connectivity index (χ4n) is 1.48. The molecule has 0 atom stereocenters. The van der Waals surface area contributed by atoms with E-state index in [1.807, 2.05) is 37.3 Å². The number of nitrogen functional groups attached to an aromatic ring is 1. The van der Waals surface area contributed by atoms with Crippen molar-refractivity contribution in [1.82, 2.24) is 9.97 Å². The molecule has 5 nitrogen and oxygen atoms in total. The summed E-state index contributed by atoms with van der Waals surface area (Å²) in [5, 5.41) is 0.824. The van der Waals surface area contributed by atoms with Gasteiger partial charge in [-0.3, -0.25) is 0 Å². The molecular formula is C13H15BrN4OS. The monoisotopic (exact) mass is 354 g/mol. The first kappa shape index (κ1) is 15.2. The van der Waals surface area contributed by atoms with Crippen LogP contribution in [0.2, 0.25) is 0 Å². The largest absolute Gasteiger partial charge is 0.374 e. The predicted molar refractivity (Wildman–Crippen MR) is 83.4 cm³/mol. The highest BCUT2D eigenvalue weighted by Gasteiger charge is 2.06. The van der Waals surface area contributed by atoms with E-state index >= 15 is 0 Å². The zero-order chi connectivity index (χ0) is 14.4. The van der Waals surface area contributed by atoms with Crippen LogP contribution in [-0.2, 0) is 11.3 Å². The summed E-state index contributed by atoms with van der Waals surface area (Å²) in [5.41, 5.74) is 2.55. The first-order valence-electron chi connectivity index (χ1n) is 6.07. The Hall–Kier alpha value is -1.15. The van der Waals surface area contributed by atoms with Crippen molar-refractivity contribution in [1.29, 1.82) is 0 Å². The highest BCUT2D eigenvalue weighted by molar-refractivity contribution is 9.10. The Morgan fingerprint density at radius 3 is 2.70 bits per heavy atom. The van der Waals surface area contributed by atoms with Gasteiger partial charge in [0.1, 0.15) is 17.5 Å². The Morgan fingerprint density at radius 2 is 2.05 bits per heavy atom. The number of hydrazine groups is 1. The summed E-state index contributed by atoms with van der Waals surface area (Å²) < 4.78 is 6.38. The van der Waals surface area contributed by atoms with Gasteiger partial charge in [-0.2, -0.15) is 0 Å². The molecule has 3 N–H and O–H groups in total. The predicted octanol–water partition coefficient (Wildman–Crippen LogP) is 3.21. The Balaban J connectivity index is 2.19. The van der Waals surface area contributed by atoms with E-state index < -0.39 is 0 Å².